The maximum absolute atomic E-state index is 3.49. The quantitative estimate of drug-likeness (QED) is 0.433. The van der Waals surface area contributed by atoms with Crippen LogP contribution in [0.2, 0.25) is 0 Å². The Morgan fingerprint density at radius 2 is 1.19 bits per heavy atom. The molecule has 0 saturated heterocycles. The van der Waals surface area contributed by atoms with Crippen LogP contribution in [0.3, 0.4) is 0 Å². The summed E-state index contributed by atoms with van der Waals surface area (Å²) in [5.74, 6) is 0. The molecule has 0 heterocycles. The second-order valence-corrected chi connectivity index (χ2v) is 5.44. The normalized spacial score (nSPS) is 10.6. The number of hydrogen-bond acceptors (Lipinski definition) is 0. The topological polar surface area (TPSA) is 0 Å². The van der Waals surface area contributed by atoms with Crippen molar-refractivity contribution in [3.8, 4) is 0 Å². The van der Waals surface area contributed by atoms with E-state index in [1.54, 1.807) is 0 Å². The zero-order chi connectivity index (χ0) is 10.4. The summed E-state index contributed by atoms with van der Waals surface area (Å²) in [5.41, 5.74) is 0. The first-order valence-corrected chi connectivity index (χ1v) is 6.27. The Morgan fingerprint density at radius 3 is 1.62 bits per heavy atom. The van der Waals surface area contributed by atoms with Gasteiger partial charge in [-0.05, 0) is 8.95 Å². The van der Waals surface area contributed by atoms with Crippen LogP contribution in [0, 0.1) is 0 Å². The summed E-state index contributed by atoms with van der Waals surface area (Å²) in [6.45, 7) is 0. The van der Waals surface area contributed by atoms with Gasteiger partial charge in [-0.2, -0.15) is 0 Å². The van der Waals surface area contributed by atoms with Crippen LogP contribution in [0.4, 0.5) is 0 Å². The Balaban J connectivity index is 0.000000963. The average molecular weight is 346 g/mol. The van der Waals surface area contributed by atoms with E-state index in [9.17, 15) is 0 Å². The monoisotopic (exact) mass is 344 g/mol. The number of halogens is 2. The van der Waals surface area contributed by atoms with E-state index < -0.39 is 0 Å². The van der Waals surface area contributed by atoms with E-state index in [4.69, 9.17) is 0 Å². The van der Waals surface area contributed by atoms with Crippen LogP contribution in [0.5, 0.6) is 0 Å². The van der Waals surface area contributed by atoms with E-state index in [1.165, 1.54) is 21.5 Å². The van der Waals surface area contributed by atoms with Crippen molar-refractivity contribution in [3.63, 3.8) is 0 Å². The Hall–Kier alpha value is 0.270. The van der Waals surface area contributed by atoms with Crippen molar-refractivity contribution in [1.82, 2.24) is 0 Å². The minimum atomic E-state index is 0. The molecular weight excluding hydrogens is 339 g/mol. The van der Waals surface area contributed by atoms with Gasteiger partial charge in [0, 0.05) is 0 Å². The number of rotatable bonds is 0. The summed E-state index contributed by atoms with van der Waals surface area (Å²) in [7, 11) is 0. The average Bonchev–Trinajstić information content (AvgIpc) is 2.53. The van der Waals surface area contributed by atoms with Gasteiger partial charge in [0.25, 0.3) is 0 Å². The molecule has 0 aromatic heterocycles. The molecule has 3 aromatic rings. The second-order valence-electron chi connectivity index (χ2n) is 3.61. The Labute approximate surface area is 133 Å². The Bertz CT molecular complexity index is 599. The van der Waals surface area contributed by atoms with E-state index in [0.29, 0.717) is 0 Å². The van der Waals surface area contributed by atoms with Gasteiger partial charge in [0.1, 0.15) is 0 Å². The van der Waals surface area contributed by atoms with Crippen LogP contribution in [-0.2, 0) is 0 Å². The summed E-state index contributed by atoms with van der Waals surface area (Å²) in [5, 5.41) is 5.22. The third-order valence-corrected chi connectivity index (χ3v) is 3.61. The van der Waals surface area contributed by atoms with Gasteiger partial charge in [-0.15, -0.1) is 39.7 Å². The molecule has 0 saturated carbocycles. The van der Waals surface area contributed by atoms with Gasteiger partial charge in [0.15, 0.2) is 0 Å². The van der Waals surface area contributed by atoms with Crippen molar-refractivity contribution in [3.05, 3.63) is 51.4 Å². The first-order chi connectivity index (χ1) is 7.24. The van der Waals surface area contributed by atoms with Crippen LogP contribution in [0.15, 0.2) is 51.4 Å². The van der Waals surface area contributed by atoms with Crippen molar-refractivity contribution in [2.75, 3.05) is 0 Å². The van der Waals surface area contributed by atoms with Crippen LogP contribution >= 0.6 is 31.9 Å². The first kappa shape index (κ1) is 12.7. The minimum absolute atomic E-state index is 0. The van der Waals surface area contributed by atoms with Gasteiger partial charge in [0.2, 0.25) is 0 Å². The Morgan fingerprint density at radius 1 is 0.750 bits per heavy atom. The molecule has 74 valence electrons. The smallest absolute Gasteiger partial charge is 0.126 e. The zero-order valence-corrected chi connectivity index (χ0v) is 14.0. The summed E-state index contributed by atoms with van der Waals surface area (Å²) in [6, 6.07) is 15.0. The van der Waals surface area contributed by atoms with E-state index in [-0.39, 0.29) is 29.6 Å². The molecule has 0 bridgehead atoms. The van der Waals surface area contributed by atoms with Gasteiger partial charge >= 0.3 is 29.6 Å². The van der Waals surface area contributed by atoms with Crippen molar-refractivity contribution >= 4 is 53.4 Å². The number of hydrogen-bond donors (Lipinski definition) is 0. The van der Waals surface area contributed by atoms with Gasteiger partial charge in [-0.25, -0.2) is 0 Å². The molecule has 3 heteroatoms. The predicted octanol–water partition coefficient (Wildman–Crippen LogP) is 2.24. The fraction of sp³-hybridized carbons (Fsp3) is 0. The SMILES string of the molecule is Brc1ccc2c(c1)[cH-]c1cc(Br)ccc12.[Na+]. The summed E-state index contributed by atoms with van der Waals surface area (Å²) >= 11 is 6.99. The fourth-order valence-corrected chi connectivity index (χ4v) is 2.72. The van der Waals surface area contributed by atoms with Crippen molar-refractivity contribution < 1.29 is 29.6 Å². The molecule has 3 aromatic carbocycles. The summed E-state index contributed by atoms with van der Waals surface area (Å²) in [4.78, 5) is 0. The molecule has 0 aliphatic heterocycles. The molecule has 0 unspecified atom stereocenters. The van der Waals surface area contributed by atoms with Gasteiger partial charge in [-0.1, -0.05) is 56.1 Å². The van der Waals surface area contributed by atoms with E-state index in [1.807, 2.05) is 0 Å². The maximum Gasteiger partial charge on any atom is 1.00 e. The van der Waals surface area contributed by atoms with Crippen LogP contribution in [0.25, 0.3) is 21.5 Å². The van der Waals surface area contributed by atoms with E-state index in [0.717, 1.165) is 8.95 Å². The third kappa shape index (κ3) is 2.14. The zero-order valence-electron chi connectivity index (χ0n) is 8.80. The molecule has 0 radical (unpaired) electrons. The van der Waals surface area contributed by atoms with E-state index in [2.05, 4.69) is 74.3 Å². The third-order valence-electron chi connectivity index (χ3n) is 2.63. The molecule has 0 atom stereocenters. The summed E-state index contributed by atoms with van der Waals surface area (Å²) < 4.78 is 2.26. The van der Waals surface area contributed by atoms with Crippen LogP contribution in [0.1, 0.15) is 0 Å². The second kappa shape index (κ2) is 4.87. The van der Waals surface area contributed by atoms with Gasteiger partial charge < -0.3 is 0 Å². The summed E-state index contributed by atoms with van der Waals surface area (Å²) in [6.07, 6.45) is 0. The standard InChI is InChI=1S/C13H7Br2.Na/c14-10-1-3-12-8(6-10)5-9-7-11(15)2-4-13(9)12;/h1-7H;/q-1;+1. The molecule has 0 nitrogen and oxygen atoms in total. The van der Waals surface area contributed by atoms with Crippen molar-refractivity contribution in [2.45, 2.75) is 0 Å². The molecule has 16 heavy (non-hydrogen) atoms. The predicted molar refractivity (Wildman–Crippen MR) is 72.4 cm³/mol. The molecule has 0 fully saturated rings. The molecule has 0 amide bonds. The van der Waals surface area contributed by atoms with E-state index >= 15 is 0 Å². The molecule has 0 aliphatic carbocycles. The maximum atomic E-state index is 3.49. The molecular formula is C13H7Br2Na. The van der Waals surface area contributed by atoms with Crippen LogP contribution in [-0.4, -0.2) is 0 Å². The molecule has 0 N–H and O–H groups in total. The van der Waals surface area contributed by atoms with Crippen LogP contribution < -0.4 is 29.6 Å². The first-order valence-electron chi connectivity index (χ1n) is 4.68. The molecule has 0 spiro atoms. The number of benzene rings is 2. The molecule has 0 aliphatic rings. The number of fused-ring (bicyclic) bond motifs is 3. The minimum Gasteiger partial charge on any atom is -0.126 e. The van der Waals surface area contributed by atoms with Crippen molar-refractivity contribution in [1.29, 1.82) is 0 Å². The van der Waals surface area contributed by atoms with Gasteiger partial charge in [0.05, 0.1) is 0 Å². The fourth-order valence-electron chi connectivity index (χ4n) is 1.96. The Kier molecular flexibility index (Phi) is 3.87. The molecule has 3 rings (SSSR count). The largest absolute Gasteiger partial charge is 1.00 e. The van der Waals surface area contributed by atoms with Crippen molar-refractivity contribution in [2.24, 2.45) is 0 Å². The van der Waals surface area contributed by atoms with Gasteiger partial charge in [-0.3, -0.25) is 0 Å².